The maximum atomic E-state index is 11.6. The van der Waals surface area contributed by atoms with Crippen molar-refractivity contribution < 1.29 is 19.0 Å². The Morgan fingerprint density at radius 1 is 1.46 bits per heavy atom. The second-order valence-corrected chi connectivity index (χ2v) is 2.39. The maximum absolute atomic E-state index is 11.6. The van der Waals surface area contributed by atoms with Gasteiger partial charge in [0.2, 0.25) is 6.86 Å². The van der Waals surface area contributed by atoms with Gasteiger partial charge >= 0.3 is 5.97 Å². The van der Waals surface area contributed by atoms with Gasteiger partial charge in [-0.1, -0.05) is 30.3 Å². The molecule has 0 heterocycles. The largest absolute Gasteiger partial charge is 0.432 e. The molecule has 0 unspecified atom stereocenters. The molecule has 0 aliphatic heterocycles. The molecule has 0 saturated carbocycles. The van der Waals surface area contributed by atoms with Crippen molar-refractivity contribution in [2.24, 2.45) is 0 Å². The van der Waals surface area contributed by atoms with Crippen molar-refractivity contribution in [1.29, 1.82) is 0 Å². The Morgan fingerprint density at radius 3 is 2.62 bits per heavy atom. The molecule has 1 aromatic carbocycles. The first-order chi connectivity index (χ1) is 6.25. The summed E-state index contributed by atoms with van der Waals surface area (Å²) in [5.74, 6) is -0.978. The predicted octanol–water partition coefficient (Wildman–Crippen LogP) is 1.19. The summed E-state index contributed by atoms with van der Waals surface area (Å²) in [6.07, 6.45) is -1.41. The molecule has 0 aliphatic rings. The Morgan fingerprint density at radius 2 is 2.08 bits per heavy atom. The third kappa shape index (κ3) is 2.52. The Kier molecular flexibility index (Phi) is 3.40. The van der Waals surface area contributed by atoms with Gasteiger partial charge in [0.25, 0.3) is 0 Å². The first-order valence-corrected chi connectivity index (χ1v) is 3.71. The zero-order valence-electron chi connectivity index (χ0n) is 6.81. The van der Waals surface area contributed by atoms with E-state index in [1.165, 1.54) is 0 Å². The van der Waals surface area contributed by atoms with E-state index in [4.69, 9.17) is 0 Å². The molecule has 1 rings (SSSR count). The van der Waals surface area contributed by atoms with Crippen LogP contribution in [0.1, 0.15) is 11.7 Å². The lowest BCUT2D eigenvalue weighted by molar-refractivity contribution is -0.158. The van der Waals surface area contributed by atoms with Crippen molar-refractivity contribution in [2.75, 3.05) is 6.86 Å². The van der Waals surface area contributed by atoms with Crippen LogP contribution >= 0.6 is 0 Å². The fourth-order valence-electron chi connectivity index (χ4n) is 0.904. The first-order valence-electron chi connectivity index (χ1n) is 3.71. The van der Waals surface area contributed by atoms with E-state index in [1.807, 2.05) is 0 Å². The van der Waals surface area contributed by atoms with Gasteiger partial charge in [0.15, 0.2) is 6.10 Å². The number of aliphatic hydroxyl groups excluding tert-OH is 1. The van der Waals surface area contributed by atoms with Crippen LogP contribution in [0.5, 0.6) is 0 Å². The number of carbonyl (C=O) groups excluding carboxylic acids is 1. The highest BCUT2D eigenvalue weighted by molar-refractivity contribution is 5.76. The van der Waals surface area contributed by atoms with E-state index in [0.717, 1.165) is 0 Å². The van der Waals surface area contributed by atoms with Crippen LogP contribution in [0.25, 0.3) is 0 Å². The maximum Gasteiger partial charge on any atom is 0.341 e. The smallest absolute Gasteiger partial charge is 0.341 e. The third-order valence-corrected chi connectivity index (χ3v) is 1.54. The lowest BCUT2D eigenvalue weighted by Crippen LogP contribution is -2.14. The summed E-state index contributed by atoms with van der Waals surface area (Å²) < 4.78 is 15.6. The van der Waals surface area contributed by atoms with Crippen molar-refractivity contribution in [3.05, 3.63) is 35.9 Å². The fraction of sp³-hybridized carbons (Fsp3) is 0.222. The quantitative estimate of drug-likeness (QED) is 0.718. The molecule has 70 valence electrons. The number of aliphatic hydroxyl groups is 1. The molecule has 1 atom stereocenters. The van der Waals surface area contributed by atoms with Gasteiger partial charge in [0, 0.05) is 0 Å². The SMILES string of the molecule is O=C(OCF)[C@H](O)c1ccccc1. The lowest BCUT2D eigenvalue weighted by atomic mass is 10.1. The molecule has 1 N–H and O–H groups in total. The van der Waals surface area contributed by atoms with Crippen LogP contribution in [0.4, 0.5) is 4.39 Å². The molecule has 0 spiro atoms. The molecule has 0 aliphatic carbocycles. The van der Waals surface area contributed by atoms with Crippen LogP contribution in [-0.4, -0.2) is 17.9 Å². The van der Waals surface area contributed by atoms with Crippen LogP contribution in [0, 0.1) is 0 Å². The number of esters is 1. The molecule has 1 aromatic rings. The number of ether oxygens (including phenoxy) is 1. The summed E-state index contributed by atoms with van der Waals surface area (Å²) in [7, 11) is 0. The Balaban J connectivity index is 2.68. The second-order valence-electron chi connectivity index (χ2n) is 2.39. The zero-order chi connectivity index (χ0) is 9.68. The van der Waals surface area contributed by atoms with E-state index in [-0.39, 0.29) is 0 Å². The van der Waals surface area contributed by atoms with Crippen LogP contribution < -0.4 is 0 Å². The normalized spacial score (nSPS) is 12.2. The van der Waals surface area contributed by atoms with Gasteiger partial charge in [-0.05, 0) is 5.56 Å². The molecular weight excluding hydrogens is 175 g/mol. The molecule has 0 fully saturated rings. The molecule has 0 saturated heterocycles. The van der Waals surface area contributed by atoms with E-state index in [0.29, 0.717) is 5.56 Å². The molecule has 3 nitrogen and oxygen atoms in total. The number of alkyl halides is 1. The minimum absolute atomic E-state index is 0.390. The summed E-state index contributed by atoms with van der Waals surface area (Å²) in [6.45, 7) is -1.22. The van der Waals surface area contributed by atoms with Gasteiger partial charge in [-0.3, -0.25) is 0 Å². The topological polar surface area (TPSA) is 46.5 Å². The first kappa shape index (κ1) is 9.67. The Hall–Kier alpha value is -1.42. The van der Waals surface area contributed by atoms with E-state index in [2.05, 4.69) is 4.74 Å². The average Bonchev–Trinajstić information content (AvgIpc) is 2.18. The highest BCUT2D eigenvalue weighted by Crippen LogP contribution is 2.13. The Bertz CT molecular complexity index is 273. The summed E-state index contributed by atoms with van der Waals surface area (Å²) in [4.78, 5) is 10.8. The van der Waals surface area contributed by atoms with Gasteiger partial charge < -0.3 is 9.84 Å². The van der Waals surface area contributed by atoms with E-state index in [9.17, 15) is 14.3 Å². The highest BCUT2D eigenvalue weighted by Gasteiger charge is 2.17. The van der Waals surface area contributed by atoms with E-state index < -0.39 is 18.9 Å². The van der Waals surface area contributed by atoms with Crippen molar-refractivity contribution in [1.82, 2.24) is 0 Å². The molecular formula is C9H9FO3. The number of hydrogen-bond acceptors (Lipinski definition) is 3. The molecule has 0 aromatic heterocycles. The average molecular weight is 184 g/mol. The number of hydrogen-bond donors (Lipinski definition) is 1. The predicted molar refractivity (Wildman–Crippen MR) is 43.5 cm³/mol. The number of halogens is 1. The standard InChI is InChI=1S/C9H9FO3/c10-6-13-9(12)8(11)7-4-2-1-3-5-7/h1-5,8,11H,6H2/t8-/m1/s1. The molecule has 4 heteroatoms. The number of rotatable bonds is 3. The minimum Gasteiger partial charge on any atom is -0.432 e. The monoisotopic (exact) mass is 184 g/mol. The van der Waals surface area contributed by atoms with Crippen molar-refractivity contribution in [3.63, 3.8) is 0 Å². The molecule has 0 amide bonds. The van der Waals surface area contributed by atoms with Crippen LogP contribution in [0.2, 0.25) is 0 Å². The van der Waals surface area contributed by atoms with Crippen LogP contribution in [0.15, 0.2) is 30.3 Å². The van der Waals surface area contributed by atoms with Crippen LogP contribution in [-0.2, 0) is 9.53 Å². The lowest BCUT2D eigenvalue weighted by Gasteiger charge is -2.07. The molecule has 0 bridgehead atoms. The third-order valence-electron chi connectivity index (χ3n) is 1.54. The highest BCUT2D eigenvalue weighted by atomic mass is 19.1. The molecule has 0 radical (unpaired) electrons. The summed E-state index contributed by atoms with van der Waals surface area (Å²) in [5.41, 5.74) is 0.390. The second kappa shape index (κ2) is 4.57. The summed E-state index contributed by atoms with van der Waals surface area (Å²) in [6, 6.07) is 8.20. The fourth-order valence-corrected chi connectivity index (χ4v) is 0.904. The van der Waals surface area contributed by atoms with Gasteiger partial charge in [-0.25, -0.2) is 9.18 Å². The minimum atomic E-state index is -1.41. The van der Waals surface area contributed by atoms with Crippen LogP contribution in [0.3, 0.4) is 0 Å². The molecule has 13 heavy (non-hydrogen) atoms. The van der Waals surface area contributed by atoms with Crippen molar-refractivity contribution >= 4 is 5.97 Å². The zero-order valence-corrected chi connectivity index (χ0v) is 6.81. The van der Waals surface area contributed by atoms with Gasteiger partial charge in [-0.2, -0.15) is 0 Å². The van der Waals surface area contributed by atoms with E-state index >= 15 is 0 Å². The van der Waals surface area contributed by atoms with E-state index in [1.54, 1.807) is 30.3 Å². The van der Waals surface area contributed by atoms with Gasteiger partial charge in [-0.15, -0.1) is 0 Å². The summed E-state index contributed by atoms with van der Waals surface area (Å²) in [5, 5.41) is 9.28. The Labute approximate surface area is 74.8 Å². The van der Waals surface area contributed by atoms with Crippen molar-refractivity contribution in [2.45, 2.75) is 6.10 Å². The number of carbonyl (C=O) groups is 1. The van der Waals surface area contributed by atoms with Gasteiger partial charge in [0.1, 0.15) is 0 Å². The van der Waals surface area contributed by atoms with Crippen molar-refractivity contribution in [3.8, 4) is 0 Å². The van der Waals surface area contributed by atoms with Gasteiger partial charge in [0.05, 0.1) is 0 Å². The summed E-state index contributed by atoms with van der Waals surface area (Å²) >= 11 is 0. The number of benzene rings is 1.